The normalized spacial score (nSPS) is 11.4. The van der Waals surface area contributed by atoms with Gasteiger partial charge in [-0.3, -0.25) is 4.79 Å². The van der Waals surface area contributed by atoms with Crippen LogP contribution in [0.3, 0.4) is 0 Å². The van der Waals surface area contributed by atoms with E-state index in [-0.39, 0.29) is 11.4 Å². The molecular weight excluding hydrogens is 382 g/mol. The molecule has 2 aromatic rings. The van der Waals surface area contributed by atoms with Gasteiger partial charge in [-0.2, -0.15) is 9.57 Å². The molecule has 0 saturated heterocycles. The Kier molecular flexibility index (Phi) is 5.85. The smallest absolute Gasteiger partial charge is 0.243 e. The van der Waals surface area contributed by atoms with Crippen molar-refractivity contribution >= 4 is 43.9 Å². The van der Waals surface area contributed by atoms with Gasteiger partial charge in [0.25, 0.3) is 0 Å². The van der Waals surface area contributed by atoms with Crippen molar-refractivity contribution in [1.82, 2.24) is 4.31 Å². The van der Waals surface area contributed by atoms with Gasteiger partial charge in [-0.25, -0.2) is 8.42 Å². The number of rotatable bonds is 5. The molecule has 0 aliphatic carbocycles. The number of amides is 1. The second kappa shape index (κ2) is 7.54. The summed E-state index contributed by atoms with van der Waals surface area (Å²) >= 11 is 7.05. The van der Waals surface area contributed by atoms with Crippen molar-refractivity contribution in [3.05, 3.63) is 45.3 Å². The number of halogens is 1. The lowest BCUT2D eigenvalue weighted by Gasteiger charge is -2.16. The Labute approximate surface area is 155 Å². The summed E-state index contributed by atoms with van der Waals surface area (Å²) in [5.41, 5.74) is 1.21. The quantitative estimate of drug-likeness (QED) is 0.838. The molecule has 0 aliphatic rings. The zero-order chi connectivity index (χ0) is 18.8. The van der Waals surface area contributed by atoms with Crippen molar-refractivity contribution in [2.24, 2.45) is 0 Å². The minimum absolute atomic E-state index is 0.0488. The minimum Gasteiger partial charge on any atom is -0.315 e. The minimum atomic E-state index is -3.81. The molecule has 2 rings (SSSR count). The van der Waals surface area contributed by atoms with E-state index in [9.17, 15) is 18.5 Å². The fourth-order valence-corrected chi connectivity index (χ4v) is 4.37. The molecule has 0 aliphatic heterocycles. The Morgan fingerprint density at radius 2 is 1.92 bits per heavy atom. The first-order chi connectivity index (χ1) is 11.7. The van der Waals surface area contributed by atoms with E-state index in [0.717, 1.165) is 14.7 Å². The van der Waals surface area contributed by atoms with Crippen LogP contribution in [0.15, 0.2) is 29.2 Å². The number of likely N-dealkylation sites (N-methyl/N-ethyl adjacent to an activating group) is 1. The molecule has 6 nitrogen and oxygen atoms in total. The molecular formula is C16H16ClN3O3S2. The molecule has 0 bridgehead atoms. The van der Waals surface area contributed by atoms with Crippen LogP contribution in [0.1, 0.15) is 16.0 Å². The van der Waals surface area contributed by atoms with E-state index in [2.05, 4.69) is 11.4 Å². The van der Waals surface area contributed by atoms with Gasteiger partial charge in [-0.1, -0.05) is 11.6 Å². The van der Waals surface area contributed by atoms with E-state index in [1.807, 2.05) is 6.92 Å². The molecule has 9 heteroatoms. The summed E-state index contributed by atoms with van der Waals surface area (Å²) in [4.78, 5) is 13.2. The third kappa shape index (κ3) is 4.19. The lowest BCUT2D eigenvalue weighted by molar-refractivity contribution is -0.116. The molecule has 0 atom stereocenters. The number of benzene rings is 1. The molecule has 25 heavy (non-hydrogen) atoms. The summed E-state index contributed by atoms with van der Waals surface area (Å²) < 4.78 is 25.9. The van der Waals surface area contributed by atoms with Gasteiger partial charge in [-0.05, 0) is 43.7 Å². The number of nitrogens with zero attached hydrogens (tertiary/aromatic N) is 2. The second-order valence-electron chi connectivity index (χ2n) is 5.36. The van der Waals surface area contributed by atoms with Gasteiger partial charge in [0.2, 0.25) is 15.9 Å². The molecule has 1 aromatic heterocycles. The zero-order valence-electron chi connectivity index (χ0n) is 13.8. The molecule has 132 valence electrons. The van der Waals surface area contributed by atoms with Gasteiger partial charge in [0.05, 0.1) is 17.0 Å². The maximum absolute atomic E-state index is 12.5. The van der Waals surface area contributed by atoms with Crippen LogP contribution in [-0.4, -0.2) is 32.2 Å². The molecule has 0 fully saturated rings. The Hall–Kier alpha value is -1.92. The van der Waals surface area contributed by atoms with Crippen LogP contribution in [0.4, 0.5) is 5.00 Å². The van der Waals surface area contributed by atoms with Crippen molar-refractivity contribution in [1.29, 1.82) is 5.26 Å². The lowest BCUT2D eigenvalue weighted by atomic mass is 10.2. The van der Waals surface area contributed by atoms with Crippen molar-refractivity contribution in [2.45, 2.75) is 18.7 Å². The number of sulfonamides is 1. The van der Waals surface area contributed by atoms with Crippen molar-refractivity contribution in [3.8, 4) is 6.07 Å². The first-order valence-electron chi connectivity index (χ1n) is 7.18. The molecule has 1 heterocycles. The van der Waals surface area contributed by atoms with E-state index in [1.165, 1.54) is 42.6 Å². The molecule has 0 radical (unpaired) electrons. The summed E-state index contributed by atoms with van der Waals surface area (Å²) in [6, 6.07) is 7.76. The van der Waals surface area contributed by atoms with Crippen molar-refractivity contribution in [3.63, 3.8) is 0 Å². The Morgan fingerprint density at radius 1 is 1.32 bits per heavy atom. The third-order valence-corrected chi connectivity index (χ3v) is 6.83. The highest BCUT2D eigenvalue weighted by Gasteiger charge is 2.24. The van der Waals surface area contributed by atoms with Crippen LogP contribution in [0, 0.1) is 25.2 Å². The van der Waals surface area contributed by atoms with E-state index < -0.39 is 15.9 Å². The number of anilines is 1. The summed E-state index contributed by atoms with van der Waals surface area (Å²) in [5.74, 6) is -0.516. The Bertz CT molecular complexity index is 944. The van der Waals surface area contributed by atoms with Crippen LogP contribution in [0.2, 0.25) is 5.02 Å². The molecule has 0 spiro atoms. The van der Waals surface area contributed by atoms with Crippen LogP contribution >= 0.6 is 22.9 Å². The molecule has 1 N–H and O–H groups in total. The lowest BCUT2D eigenvalue weighted by Crippen LogP contribution is -2.34. The Morgan fingerprint density at radius 3 is 2.48 bits per heavy atom. The van der Waals surface area contributed by atoms with Gasteiger partial charge < -0.3 is 5.32 Å². The van der Waals surface area contributed by atoms with Crippen LogP contribution < -0.4 is 5.32 Å². The standard InChI is InChI=1S/C16H16ClN3O3S2/c1-10-11(2)24-16(14(10)8-18)19-15(21)9-20(3)25(22,23)13-6-4-12(17)5-7-13/h4-7H,9H2,1-3H3,(H,19,21). The highest BCUT2D eigenvalue weighted by Crippen LogP contribution is 2.31. The van der Waals surface area contributed by atoms with Gasteiger partial charge >= 0.3 is 0 Å². The van der Waals surface area contributed by atoms with E-state index in [4.69, 9.17) is 11.6 Å². The first-order valence-corrected chi connectivity index (χ1v) is 9.82. The average molecular weight is 398 g/mol. The number of nitrogens with one attached hydrogen (secondary N) is 1. The molecule has 1 amide bonds. The van der Waals surface area contributed by atoms with E-state index >= 15 is 0 Å². The summed E-state index contributed by atoms with van der Waals surface area (Å²) in [6.45, 7) is 3.29. The zero-order valence-corrected chi connectivity index (χ0v) is 16.2. The maximum atomic E-state index is 12.5. The number of hydrogen-bond donors (Lipinski definition) is 1. The van der Waals surface area contributed by atoms with Gasteiger partial charge in [0.15, 0.2) is 0 Å². The largest absolute Gasteiger partial charge is 0.315 e. The van der Waals surface area contributed by atoms with E-state index in [0.29, 0.717) is 15.6 Å². The fourth-order valence-electron chi connectivity index (χ4n) is 2.09. The Balaban J connectivity index is 2.14. The van der Waals surface area contributed by atoms with E-state index in [1.54, 1.807) is 6.92 Å². The predicted octanol–water partition coefficient (Wildman–Crippen LogP) is 3.15. The summed E-state index contributed by atoms with van der Waals surface area (Å²) in [7, 11) is -2.49. The maximum Gasteiger partial charge on any atom is 0.243 e. The number of carbonyl (C=O) groups excluding carboxylic acids is 1. The third-order valence-electron chi connectivity index (χ3n) is 3.64. The average Bonchev–Trinajstić information content (AvgIpc) is 2.81. The molecule has 0 saturated carbocycles. The number of thiophene rings is 1. The molecule has 1 aromatic carbocycles. The van der Waals surface area contributed by atoms with Crippen molar-refractivity contribution < 1.29 is 13.2 Å². The fraction of sp³-hybridized carbons (Fsp3) is 0.250. The van der Waals surface area contributed by atoms with Crippen LogP contribution in [0.25, 0.3) is 0 Å². The monoisotopic (exact) mass is 397 g/mol. The van der Waals surface area contributed by atoms with Gasteiger partial charge in [0.1, 0.15) is 11.1 Å². The number of nitriles is 1. The van der Waals surface area contributed by atoms with Gasteiger partial charge in [0, 0.05) is 16.9 Å². The topological polar surface area (TPSA) is 90.3 Å². The molecule has 0 unspecified atom stereocenters. The number of aryl methyl sites for hydroxylation is 1. The second-order valence-corrected chi connectivity index (χ2v) is 9.07. The highest BCUT2D eigenvalue weighted by molar-refractivity contribution is 7.89. The SMILES string of the molecule is Cc1sc(NC(=O)CN(C)S(=O)(=O)c2ccc(Cl)cc2)c(C#N)c1C. The van der Waals surface area contributed by atoms with Crippen molar-refractivity contribution in [2.75, 3.05) is 18.9 Å². The summed E-state index contributed by atoms with van der Waals surface area (Å²) in [5, 5.41) is 12.7. The van der Waals surface area contributed by atoms with Crippen LogP contribution in [-0.2, 0) is 14.8 Å². The number of hydrogen-bond acceptors (Lipinski definition) is 5. The van der Waals surface area contributed by atoms with Crippen LogP contribution in [0.5, 0.6) is 0 Å². The highest BCUT2D eigenvalue weighted by atomic mass is 35.5. The van der Waals surface area contributed by atoms with Gasteiger partial charge in [-0.15, -0.1) is 11.3 Å². The predicted molar refractivity (Wildman–Crippen MR) is 98.4 cm³/mol. The number of carbonyl (C=O) groups is 1. The first kappa shape index (κ1) is 19.4. The summed E-state index contributed by atoms with van der Waals surface area (Å²) in [6.07, 6.45) is 0.